The van der Waals surface area contributed by atoms with E-state index in [4.69, 9.17) is 23.2 Å². The highest BCUT2D eigenvalue weighted by Crippen LogP contribution is 2.22. The molecule has 1 amide bonds. The Morgan fingerprint density at radius 2 is 2.28 bits per heavy atom. The third kappa shape index (κ3) is 4.84. The predicted molar refractivity (Wildman–Crippen MR) is 98.4 cm³/mol. The summed E-state index contributed by atoms with van der Waals surface area (Å²) in [6.45, 7) is 2.86. The molecule has 0 aromatic carbocycles. The number of nitrogens with zero attached hydrogens (tertiary/aromatic N) is 3. The van der Waals surface area contributed by atoms with Crippen molar-refractivity contribution in [2.75, 3.05) is 31.5 Å². The molecule has 25 heavy (non-hydrogen) atoms. The zero-order valence-electron chi connectivity index (χ0n) is 13.6. The van der Waals surface area contributed by atoms with Crippen molar-refractivity contribution < 1.29 is 4.79 Å². The van der Waals surface area contributed by atoms with Gasteiger partial charge in [0, 0.05) is 32.0 Å². The van der Waals surface area contributed by atoms with Crippen LogP contribution in [-0.2, 0) is 0 Å². The minimum absolute atomic E-state index is 0.195. The number of anilines is 1. The summed E-state index contributed by atoms with van der Waals surface area (Å²) in [5, 5.41) is 14.5. The summed E-state index contributed by atoms with van der Waals surface area (Å²) in [7, 11) is 0. The number of piperidine rings is 1. The smallest absolute Gasteiger partial charge is 0.271 e. The summed E-state index contributed by atoms with van der Waals surface area (Å²) >= 11 is 11.8. The maximum Gasteiger partial charge on any atom is 0.271 e. The molecule has 2 aromatic heterocycles. The van der Waals surface area contributed by atoms with E-state index in [1.54, 1.807) is 12.1 Å². The molecule has 1 saturated heterocycles. The lowest BCUT2D eigenvalue weighted by atomic mass is 10.1. The average Bonchev–Trinajstić information content (AvgIpc) is 3.11. The van der Waals surface area contributed by atoms with E-state index in [9.17, 15) is 4.79 Å². The fourth-order valence-electron chi connectivity index (χ4n) is 2.71. The van der Waals surface area contributed by atoms with Gasteiger partial charge in [-0.15, -0.1) is 0 Å². The van der Waals surface area contributed by atoms with Crippen molar-refractivity contribution in [2.24, 2.45) is 0 Å². The van der Waals surface area contributed by atoms with Gasteiger partial charge < -0.3 is 16.0 Å². The molecule has 0 aliphatic carbocycles. The Hall–Kier alpha value is -1.83. The lowest BCUT2D eigenvalue weighted by molar-refractivity contribution is 0.0949. The number of hydrogen-bond donors (Lipinski definition) is 3. The van der Waals surface area contributed by atoms with Gasteiger partial charge in [-0.05, 0) is 31.5 Å². The molecular weight excluding hydrogens is 363 g/mol. The summed E-state index contributed by atoms with van der Waals surface area (Å²) in [5.41, 5.74) is 0.424. The number of pyridine rings is 1. The molecule has 2 aromatic rings. The van der Waals surface area contributed by atoms with E-state index in [0.29, 0.717) is 40.7 Å². The molecule has 1 fully saturated rings. The Bertz CT molecular complexity index is 729. The van der Waals surface area contributed by atoms with Gasteiger partial charge in [0.2, 0.25) is 0 Å². The zero-order valence-corrected chi connectivity index (χ0v) is 15.1. The molecule has 7 nitrogen and oxygen atoms in total. The van der Waals surface area contributed by atoms with Gasteiger partial charge in [-0.2, -0.15) is 5.10 Å². The molecule has 0 bridgehead atoms. The molecule has 9 heteroatoms. The summed E-state index contributed by atoms with van der Waals surface area (Å²) in [6.07, 6.45) is 5.58. The second-order valence-corrected chi connectivity index (χ2v) is 6.69. The average molecular weight is 383 g/mol. The first-order valence-corrected chi connectivity index (χ1v) is 8.98. The summed E-state index contributed by atoms with van der Waals surface area (Å²) in [5.74, 6) is 0.342. The first-order valence-electron chi connectivity index (χ1n) is 8.22. The fourth-order valence-corrected chi connectivity index (χ4v) is 3.16. The van der Waals surface area contributed by atoms with Crippen molar-refractivity contribution in [2.45, 2.75) is 18.9 Å². The van der Waals surface area contributed by atoms with Crippen molar-refractivity contribution in [1.29, 1.82) is 0 Å². The number of hydrogen-bond acceptors (Lipinski definition) is 5. The molecule has 0 saturated carbocycles. The van der Waals surface area contributed by atoms with Gasteiger partial charge in [0.05, 0.1) is 16.1 Å². The largest absolute Gasteiger partial charge is 0.367 e. The van der Waals surface area contributed by atoms with E-state index in [2.05, 4.69) is 26.0 Å². The molecule has 3 rings (SSSR count). The monoisotopic (exact) mass is 382 g/mol. The van der Waals surface area contributed by atoms with Crippen LogP contribution in [0.2, 0.25) is 10.0 Å². The van der Waals surface area contributed by atoms with E-state index in [1.165, 1.54) is 6.20 Å². The van der Waals surface area contributed by atoms with Crippen LogP contribution in [0.3, 0.4) is 0 Å². The fraction of sp³-hybridized carbons (Fsp3) is 0.438. The first-order chi connectivity index (χ1) is 12.1. The van der Waals surface area contributed by atoms with E-state index < -0.39 is 0 Å². The molecule has 3 heterocycles. The minimum atomic E-state index is -0.195. The molecule has 1 aliphatic heterocycles. The summed E-state index contributed by atoms with van der Waals surface area (Å²) in [6, 6.07) is 3.67. The predicted octanol–water partition coefficient (Wildman–Crippen LogP) is 2.35. The highest BCUT2D eigenvalue weighted by molar-refractivity contribution is 6.35. The van der Waals surface area contributed by atoms with Gasteiger partial charge in [0.25, 0.3) is 5.91 Å². The minimum Gasteiger partial charge on any atom is -0.367 e. The standard InChI is InChI=1S/C16H20Cl2N6O/c17-11-8-13(18)15(22-9-11)20-5-6-21-16(25)14-3-7-24(23-14)12-2-1-4-19-10-12/h3,7-9,12,19H,1-2,4-6,10H2,(H,20,22)(H,21,25). The van der Waals surface area contributed by atoms with Crippen LogP contribution in [0.4, 0.5) is 5.82 Å². The number of aromatic nitrogens is 3. The number of rotatable bonds is 6. The highest BCUT2D eigenvalue weighted by atomic mass is 35.5. The first kappa shape index (κ1) is 18.0. The Kier molecular flexibility index (Phi) is 6.12. The van der Waals surface area contributed by atoms with Crippen LogP contribution in [-0.4, -0.2) is 46.9 Å². The van der Waals surface area contributed by atoms with Gasteiger partial charge in [-0.1, -0.05) is 23.2 Å². The van der Waals surface area contributed by atoms with Crippen LogP contribution in [0.25, 0.3) is 0 Å². The maximum absolute atomic E-state index is 12.2. The molecule has 1 unspecified atom stereocenters. The third-order valence-electron chi connectivity index (χ3n) is 4.00. The molecular formula is C16H20Cl2N6O. The van der Waals surface area contributed by atoms with Crippen molar-refractivity contribution in [3.8, 4) is 0 Å². The number of amides is 1. The topological polar surface area (TPSA) is 83.9 Å². The maximum atomic E-state index is 12.2. The number of halogens is 2. The molecule has 1 atom stereocenters. The molecule has 3 N–H and O–H groups in total. The van der Waals surface area contributed by atoms with Crippen LogP contribution in [0.15, 0.2) is 24.5 Å². The number of carbonyl (C=O) groups excluding carboxylic acids is 1. The molecule has 0 radical (unpaired) electrons. The van der Waals surface area contributed by atoms with Crippen LogP contribution in [0, 0.1) is 0 Å². The number of nitrogens with one attached hydrogen (secondary N) is 3. The molecule has 0 spiro atoms. The molecule has 1 aliphatic rings. The lowest BCUT2D eigenvalue weighted by Crippen LogP contribution is -2.32. The van der Waals surface area contributed by atoms with Crippen molar-refractivity contribution in [3.63, 3.8) is 0 Å². The Morgan fingerprint density at radius 1 is 1.40 bits per heavy atom. The van der Waals surface area contributed by atoms with Gasteiger partial charge in [-0.25, -0.2) is 4.98 Å². The van der Waals surface area contributed by atoms with Gasteiger partial charge in [-0.3, -0.25) is 9.48 Å². The lowest BCUT2D eigenvalue weighted by Gasteiger charge is -2.22. The van der Waals surface area contributed by atoms with E-state index in [0.717, 1.165) is 25.9 Å². The Balaban J connectivity index is 1.45. The normalized spacial score (nSPS) is 17.3. The van der Waals surface area contributed by atoms with Crippen LogP contribution in [0.5, 0.6) is 0 Å². The van der Waals surface area contributed by atoms with E-state index in [-0.39, 0.29) is 5.91 Å². The van der Waals surface area contributed by atoms with Crippen molar-refractivity contribution >= 4 is 34.9 Å². The summed E-state index contributed by atoms with van der Waals surface area (Å²) < 4.78 is 1.87. The van der Waals surface area contributed by atoms with Crippen LogP contribution in [0.1, 0.15) is 29.4 Å². The van der Waals surface area contributed by atoms with Crippen LogP contribution < -0.4 is 16.0 Å². The van der Waals surface area contributed by atoms with Gasteiger partial charge in [0.1, 0.15) is 11.5 Å². The highest BCUT2D eigenvalue weighted by Gasteiger charge is 2.17. The van der Waals surface area contributed by atoms with E-state index >= 15 is 0 Å². The second-order valence-electron chi connectivity index (χ2n) is 5.85. The Labute approximate surface area is 156 Å². The quantitative estimate of drug-likeness (QED) is 0.667. The zero-order chi connectivity index (χ0) is 17.6. The van der Waals surface area contributed by atoms with Crippen molar-refractivity contribution in [3.05, 3.63) is 40.3 Å². The second kappa shape index (κ2) is 8.51. The van der Waals surface area contributed by atoms with E-state index in [1.807, 2.05) is 10.9 Å². The summed E-state index contributed by atoms with van der Waals surface area (Å²) in [4.78, 5) is 16.3. The molecule has 134 valence electrons. The third-order valence-corrected chi connectivity index (χ3v) is 4.49. The van der Waals surface area contributed by atoms with Gasteiger partial charge in [0.15, 0.2) is 0 Å². The Morgan fingerprint density at radius 3 is 3.04 bits per heavy atom. The van der Waals surface area contributed by atoms with Crippen LogP contribution >= 0.6 is 23.2 Å². The van der Waals surface area contributed by atoms with Gasteiger partial charge >= 0.3 is 0 Å². The SMILES string of the molecule is O=C(NCCNc1ncc(Cl)cc1Cl)c1ccn(C2CCCNC2)n1. The van der Waals surface area contributed by atoms with Crippen molar-refractivity contribution in [1.82, 2.24) is 25.4 Å². The number of carbonyl (C=O) groups is 1.